The highest BCUT2D eigenvalue weighted by molar-refractivity contribution is 5.99. The molecular weight excluding hydrogens is 418 g/mol. The normalized spacial score (nSPS) is 35.1. The summed E-state index contributed by atoms with van der Waals surface area (Å²) >= 11 is 0. The van der Waals surface area contributed by atoms with E-state index in [0.29, 0.717) is 23.2 Å². The summed E-state index contributed by atoms with van der Waals surface area (Å²) in [7, 11) is 0. The smallest absolute Gasteiger partial charge is 0.431 e. The molecule has 0 spiro atoms. The monoisotopic (exact) mass is 453 g/mol. The van der Waals surface area contributed by atoms with Gasteiger partial charge in [-0.2, -0.15) is 0 Å². The van der Waals surface area contributed by atoms with E-state index in [1.54, 1.807) is 19.1 Å². The summed E-state index contributed by atoms with van der Waals surface area (Å²) in [5.74, 6) is 1.48. The van der Waals surface area contributed by atoms with Gasteiger partial charge in [0, 0.05) is 5.69 Å². The molecule has 0 amide bonds. The average Bonchev–Trinajstić information content (AvgIpc) is 3.10. The summed E-state index contributed by atoms with van der Waals surface area (Å²) in [6, 6.07) is 3.28. The number of aliphatic imine (C=N–C) groups is 1. The van der Waals surface area contributed by atoms with Crippen LogP contribution in [0, 0.1) is 17.2 Å². The maximum Gasteiger partial charge on any atom is 0.508 e. The number of aliphatic hydroxyl groups is 2. The van der Waals surface area contributed by atoms with Gasteiger partial charge in [0.25, 0.3) is 0 Å². The number of nitrogens with two attached hydrogens (primary N) is 1. The fraction of sp³-hybridized carbons (Fsp3) is 0.667. The molecule has 1 aromatic rings. The van der Waals surface area contributed by atoms with E-state index in [9.17, 15) is 15.0 Å². The summed E-state index contributed by atoms with van der Waals surface area (Å²) < 4.78 is 16.4. The van der Waals surface area contributed by atoms with Crippen LogP contribution in [0.3, 0.4) is 0 Å². The maximum atomic E-state index is 12.0. The number of hydrogen-bond acceptors (Lipinski definition) is 8. The van der Waals surface area contributed by atoms with Gasteiger partial charge in [0.05, 0.1) is 5.69 Å². The van der Waals surface area contributed by atoms with Crippen LogP contribution in [0.2, 0.25) is 0 Å². The summed E-state index contributed by atoms with van der Waals surface area (Å²) in [5.41, 5.74) is 5.36. The molecule has 1 unspecified atom stereocenters. The number of aromatic nitrogens is 1. The van der Waals surface area contributed by atoms with E-state index in [1.165, 1.54) is 6.42 Å². The van der Waals surface area contributed by atoms with Gasteiger partial charge < -0.3 is 41.3 Å². The minimum Gasteiger partial charge on any atom is -0.431 e. The summed E-state index contributed by atoms with van der Waals surface area (Å²) in [6.45, 7) is 5.30. The second-order valence-electron chi connectivity index (χ2n) is 8.26. The quantitative estimate of drug-likeness (QED) is 0.213. The lowest BCUT2D eigenvalue weighted by molar-refractivity contribution is -0.111. The number of ether oxygens (including phenoxy) is 3. The van der Waals surface area contributed by atoms with Gasteiger partial charge in [-0.1, -0.05) is 13.8 Å². The van der Waals surface area contributed by atoms with Crippen LogP contribution in [-0.2, 0) is 14.2 Å². The molecule has 2 saturated carbocycles. The molecule has 4 rings (SSSR count). The molecule has 2 aliphatic carbocycles. The molecule has 9 N–H and O–H groups in total. The maximum absolute atomic E-state index is 12.0. The second-order valence-corrected chi connectivity index (χ2v) is 8.26. The van der Waals surface area contributed by atoms with Crippen molar-refractivity contribution in [3.63, 3.8) is 0 Å². The third kappa shape index (κ3) is 5.29. The van der Waals surface area contributed by atoms with Gasteiger partial charge in [-0.3, -0.25) is 5.41 Å². The molecular formula is C21H35N5O6. The minimum absolute atomic E-state index is 0. The first kappa shape index (κ1) is 25.8. The lowest BCUT2D eigenvalue weighted by Crippen LogP contribution is -2.45. The van der Waals surface area contributed by atoms with Crippen LogP contribution >= 0.6 is 0 Å². The predicted molar refractivity (Wildman–Crippen MR) is 118 cm³/mol. The van der Waals surface area contributed by atoms with Crippen molar-refractivity contribution in [1.29, 1.82) is 5.41 Å². The van der Waals surface area contributed by atoms with Crippen molar-refractivity contribution in [1.82, 2.24) is 11.1 Å². The van der Waals surface area contributed by atoms with Crippen molar-refractivity contribution in [3.05, 3.63) is 23.5 Å². The Kier molecular flexibility index (Phi) is 8.41. The number of carbonyl (C=O) groups is 1. The van der Waals surface area contributed by atoms with Gasteiger partial charge in [-0.15, -0.1) is 0 Å². The molecule has 1 saturated heterocycles. The highest BCUT2D eigenvalue weighted by Gasteiger charge is 2.53. The second kappa shape index (κ2) is 10.4. The first-order chi connectivity index (χ1) is 14.8. The van der Waals surface area contributed by atoms with Crippen LogP contribution in [0.25, 0.3) is 0 Å². The molecule has 180 valence electrons. The van der Waals surface area contributed by atoms with Crippen LogP contribution in [0.5, 0.6) is 0 Å². The van der Waals surface area contributed by atoms with E-state index in [2.05, 4.69) is 9.98 Å². The van der Waals surface area contributed by atoms with Gasteiger partial charge in [0.2, 0.25) is 0 Å². The van der Waals surface area contributed by atoms with Gasteiger partial charge in [-0.05, 0) is 50.2 Å². The van der Waals surface area contributed by atoms with Crippen molar-refractivity contribution < 1.29 is 29.2 Å². The number of nitrogens with one attached hydrogen (secondary N) is 2. The standard InChI is InChI=1S/C19H26N4O6.C2H6.H3N/c1-19(7-27-18(26)28-11-5-9-4-10(9)6-11)16(25)14(24)15(29-19)12-2-3-13(23-12)17(21)22-8-20;1-2;/h2-3,8-11,14-16,23-25H,4-7H2,1H3,(H3,20,21,22);1-2H3;1H3/t9-,10+,11?,14-,15-,16-,19+;;/m0../s1. The van der Waals surface area contributed by atoms with Gasteiger partial charge >= 0.3 is 6.16 Å². The Morgan fingerprint density at radius 3 is 2.62 bits per heavy atom. The molecule has 0 bridgehead atoms. The number of aromatic amines is 1. The highest BCUT2D eigenvalue weighted by Crippen LogP contribution is 2.52. The molecule has 7 atom stereocenters. The van der Waals surface area contributed by atoms with Gasteiger partial charge in [-0.25, -0.2) is 9.79 Å². The van der Waals surface area contributed by atoms with Crippen molar-refractivity contribution in [3.8, 4) is 0 Å². The Balaban J connectivity index is 0.00000118. The Morgan fingerprint density at radius 1 is 1.34 bits per heavy atom. The number of fused-ring (bicyclic) bond motifs is 1. The van der Waals surface area contributed by atoms with Crippen LogP contribution in [-0.4, -0.2) is 64.0 Å². The van der Waals surface area contributed by atoms with E-state index in [-0.39, 0.29) is 24.7 Å². The number of aliphatic hydroxyl groups excluding tert-OH is 2. The lowest BCUT2D eigenvalue weighted by atomic mass is 9.97. The third-order valence-corrected chi connectivity index (χ3v) is 6.09. The largest absolute Gasteiger partial charge is 0.508 e. The number of H-pyrrole nitrogens is 1. The summed E-state index contributed by atoms with van der Waals surface area (Å²) in [5, 5.41) is 27.9. The fourth-order valence-electron chi connectivity index (χ4n) is 4.32. The summed E-state index contributed by atoms with van der Waals surface area (Å²) in [6.07, 6.45) is -0.464. The van der Waals surface area contributed by atoms with Crippen molar-refractivity contribution in [2.75, 3.05) is 6.61 Å². The van der Waals surface area contributed by atoms with Crippen molar-refractivity contribution in [2.24, 2.45) is 22.6 Å². The van der Waals surface area contributed by atoms with Crippen molar-refractivity contribution >= 4 is 18.3 Å². The van der Waals surface area contributed by atoms with E-state index in [0.717, 1.165) is 19.2 Å². The molecule has 3 fully saturated rings. The molecule has 3 aliphatic rings. The molecule has 2 heterocycles. The number of amidine groups is 1. The van der Waals surface area contributed by atoms with Crippen LogP contribution in [0.4, 0.5) is 4.79 Å². The van der Waals surface area contributed by atoms with Crippen LogP contribution in [0.1, 0.15) is 57.5 Å². The summed E-state index contributed by atoms with van der Waals surface area (Å²) in [4.78, 5) is 18.6. The first-order valence-corrected chi connectivity index (χ1v) is 10.7. The Hall–Kier alpha value is -2.47. The Bertz CT molecular complexity index is 819. The van der Waals surface area contributed by atoms with E-state index < -0.39 is 30.1 Å². The first-order valence-electron chi connectivity index (χ1n) is 10.7. The SMILES string of the molecule is CC.C[C@]1(COC(=O)OC2C[C@@H]3C[C@@H]3C2)O[C@@H](c2ccc(C(N)=NC=N)[nH]2)[C@H](O)[C@@H]1O.N. The average molecular weight is 454 g/mol. The molecule has 1 aromatic heterocycles. The Morgan fingerprint density at radius 2 is 2.00 bits per heavy atom. The van der Waals surface area contributed by atoms with Gasteiger partial charge in [0.15, 0.2) is 0 Å². The lowest BCUT2D eigenvalue weighted by Gasteiger charge is -2.27. The zero-order valence-corrected chi connectivity index (χ0v) is 18.8. The topological polar surface area (TPSA) is 198 Å². The molecule has 0 aromatic carbocycles. The number of nitrogens with zero attached hydrogens (tertiary/aromatic N) is 1. The Labute approximate surface area is 187 Å². The highest BCUT2D eigenvalue weighted by atomic mass is 16.7. The third-order valence-electron chi connectivity index (χ3n) is 6.09. The zero-order valence-electron chi connectivity index (χ0n) is 18.8. The molecule has 32 heavy (non-hydrogen) atoms. The fourth-order valence-corrected chi connectivity index (χ4v) is 4.32. The van der Waals surface area contributed by atoms with Crippen LogP contribution < -0.4 is 11.9 Å². The van der Waals surface area contributed by atoms with Gasteiger partial charge in [0.1, 0.15) is 48.8 Å². The molecule has 11 heteroatoms. The van der Waals surface area contributed by atoms with E-state index in [4.69, 9.17) is 25.4 Å². The molecule has 1 aliphatic heterocycles. The zero-order chi connectivity index (χ0) is 22.8. The molecule has 11 nitrogen and oxygen atoms in total. The number of carbonyl (C=O) groups excluding carboxylic acids is 1. The van der Waals surface area contributed by atoms with E-state index in [1.807, 2.05) is 13.8 Å². The van der Waals surface area contributed by atoms with E-state index >= 15 is 0 Å². The van der Waals surface area contributed by atoms with Crippen LogP contribution in [0.15, 0.2) is 17.1 Å². The number of rotatable bonds is 6. The van der Waals surface area contributed by atoms with Crippen molar-refractivity contribution in [2.45, 2.75) is 70.1 Å². The predicted octanol–water partition coefficient (Wildman–Crippen LogP) is 2.02. The minimum atomic E-state index is -1.30. The molecule has 0 radical (unpaired) electrons. The number of hydrogen-bond donors (Lipinski definition) is 6.